The molecule has 24 heavy (non-hydrogen) atoms. The molecule has 0 amide bonds. The summed E-state index contributed by atoms with van der Waals surface area (Å²) in [5.41, 5.74) is 2.34. The fourth-order valence-electron chi connectivity index (χ4n) is 2.76. The fraction of sp³-hybridized carbons (Fsp3) is 0.389. The molecule has 0 saturated heterocycles. The van der Waals surface area contributed by atoms with Crippen LogP contribution in [0.2, 0.25) is 0 Å². The SMILES string of the molecule is CC(C)c1nnc(CN[C@@H](C)c2cccc(-n3ccnc3)c2)n1C. The van der Waals surface area contributed by atoms with Crippen molar-refractivity contribution in [2.24, 2.45) is 7.05 Å². The van der Waals surface area contributed by atoms with Gasteiger partial charge >= 0.3 is 0 Å². The van der Waals surface area contributed by atoms with E-state index in [1.807, 2.05) is 24.1 Å². The molecule has 2 heterocycles. The van der Waals surface area contributed by atoms with Crippen LogP contribution in [-0.4, -0.2) is 24.3 Å². The molecule has 6 heteroatoms. The van der Waals surface area contributed by atoms with Gasteiger partial charge in [0.2, 0.25) is 0 Å². The first-order valence-corrected chi connectivity index (χ1v) is 8.26. The first-order chi connectivity index (χ1) is 11.6. The summed E-state index contributed by atoms with van der Waals surface area (Å²) in [7, 11) is 2.02. The first kappa shape index (κ1) is 16.4. The minimum atomic E-state index is 0.215. The summed E-state index contributed by atoms with van der Waals surface area (Å²) in [6, 6.07) is 8.68. The number of nitrogens with one attached hydrogen (secondary N) is 1. The molecule has 1 aromatic carbocycles. The predicted octanol–water partition coefficient (Wildman–Crippen LogP) is 2.98. The molecule has 0 aliphatic rings. The molecule has 0 saturated carbocycles. The lowest BCUT2D eigenvalue weighted by Crippen LogP contribution is -2.20. The standard InChI is InChI=1S/C18H24N6/c1-13(2)18-22-21-17(23(18)4)11-20-14(3)15-6-5-7-16(10-15)24-9-8-19-12-24/h5-10,12-14,20H,11H2,1-4H3/t14-/m0/s1. The van der Waals surface area contributed by atoms with E-state index in [-0.39, 0.29) is 6.04 Å². The van der Waals surface area contributed by atoms with Gasteiger partial charge in [0.1, 0.15) is 11.6 Å². The molecule has 0 aliphatic carbocycles. The second-order valence-corrected chi connectivity index (χ2v) is 6.36. The van der Waals surface area contributed by atoms with E-state index in [1.165, 1.54) is 5.56 Å². The van der Waals surface area contributed by atoms with Crippen molar-refractivity contribution in [3.05, 3.63) is 60.2 Å². The molecule has 3 aromatic rings. The van der Waals surface area contributed by atoms with Crippen molar-refractivity contribution < 1.29 is 0 Å². The lowest BCUT2D eigenvalue weighted by molar-refractivity contribution is 0.544. The van der Waals surface area contributed by atoms with Gasteiger partial charge in [-0.3, -0.25) is 0 Å². The molecule has 0 bridgehead atoms. The summed E-state index contributed by atoms with van der Waals surface area (Å²) in [6.07, 6.45) is 5.54. The fourth-order valence-corrected chi connectivity index (χ4v) is 2.76. The predicted molar refractivity (Wildman–Crippen MR) is 93.9 cm³/mol. The van der Waals surface area contributed by atoms with Crippen molar-refractivity contribution in [3.8, 4) is 5.69 Å². The third kappa shape index (κ3) is 3.38. The van der Waals surface area contributed by atoms with Crippen molar-refractivity contribution in [1.82, 2.24) is 29.6 Å². The highest BCUT2D eigenvalue weighted by atomic mass is 15.3. The average Bonchev–Trinajstić information content (AvgIpc) is 3.22. The number of nitrogens with zero attached hydrogens (tertiary/aromatic N) is 5. The molecule has 0 spiro atoms. The van der Waals surface area contributed by atoms with Gasteiger partial charge in [0.25, 0.3) is 0 Å². The molecule has 3 rings (SSSR count). The van der Waals surface area contributed by atoms with Gasteiger partial charge in [-0.05, 0) is 24.6 Å². The van der Waals surface area contributed by atoms with E-state index in [2.05, 4.69) is 70.1 Å². The van der Waals surface area contributed by atoms with E-state index in [4.69, 9.17) is 0 Å². The van der Waals surface area contributed by atoms with Crippen LogP contribution in [0.5, 0.6) is 0 Å². The van der Waals surface area contributed by atoms with Gasteiger partial charge in [-0.1, -0.05) is 26.0 Å². The smallest absolute Gasteiger partial charge is 0.146 e. The second kappa shape index (κ2) is 6.97. The van der Waals surface area contributed by atoms with Crippen LogP contribution in [0.1, 0.15) is 49.9 Å². The molecule has 0 aliphatic heterocycles. The van der Waals surface area contributed by atoms with Gasteiger partial charge in [-0.25, -0.2) is 4.98 Å². The van der Waals surface area contributed by atoms with Gasteiger partial charge in [0.05, 0.1) is 12.9 Å². The third-order valence-corrected chi connectivity index (χ3v) is 4.25. The van der Waals surface area contributed by atoms with Crippen LogP contribution in [0.25, 0.3) is 5.69 Å². The van der Waals surface area contributed by atoms with E-state index in [0.29, 0.717) is 12.5 Å². The minimum Gasteiger partial charge on any atom is -0.317 e. The summed E-state index contributed by atoms with van der Waals surface area (Å²) in [5.74, 6) is 2.35. The summed E-state index contributed by atoms with van der Waals surface area (Å²) in [4.78, 5) is 4.10. The van der Waals surface area contributed by atoms with Gasteiger partial charge in [0.15, 0.2) is 0 Å². The largest absolute Gasteiger partial charge is 0.317 e. The van der Waals surface area contributed by atoms with Crippen LogP contribution in [0.15, 0.2) is 43.0 Å². The number of imidazole rings is 1. The molecular weight excluding hydrogens is 300 g/mol. The quantitative estimate of drug-likeness (QED) is 0.757. The molecule has 126 valence electrons. The maximum absolute atomic E-state index is 4.30. The van der Waals surface area contributed by atoms with Crippen molar-refractivity contribution >= 4 is 0 Å². The molecule has 1 atom stereocenters. The summed E-state index contributed by atoms with van der Waals surface area (Å²) in [5, 5.41) is 12.1. The van der Waals surface area contributed by atoms with Crippen LogP contribution >= 0.6 is 0 Å². The maximum Gasteiger partial charge on any atom is 0.146 e. The lowest BCUT2D eigenvalue weighted by atomic mass is 10.1. The molecule has 6 nitrogen and oxygen atoms in total. The van der Waals surface area contributed by atoms with Gasteiger partial charge in [-0.2, -0.15) is 0 Å². The van der Waals surface area contributed by atoms with Crippen LogP contribution in [0, 0.1) is 0 Å². The molecular formula is C18H24N6. The lowest BCUT2D eigenvalue weighted by Gasteiger charge is -2.15. The summed E-state index contributed by atoms with van der Waals surface area (Å²) >= 11 is 0. The van der Waals surface area contributed by atoms with Crippen LogP contribution in [0.3, 0.4) is 0 Å². The zero-order valence-corrected chi connectivity index (χ0v) is 14.6. The topological polar surface area (TPSA) is 60.6 Å². The molecule has 2 aromatic heterocycles. The minimum absolute atomic E-state index is 0.215. The highest BCUT2D eigenvalue weighted by Crippen LogP contribution is 2.18. The first-order valence-electron chi connectivity index (χ1n) is 8.26. The molecule has 0 unspecified atom stereocenters. The van der Waals surface area contributed by atoms with Crippen molar-refractivity contribution in [2.45, 2.75) is 39.3 Å². The van der Waals surface area contributed by atoms with E-state index in [9.17, 15) is 0 Å². The Morgan fingerprint density at radius 2 is 2.00 bits per heavy atom. The zero-order valence-electron chi connectivity index (χ0n) is 14.6. The molecule has 0 fully saturated rings. The molecule has 1 N–H and O–H groups in total. The number of benzene rings is 1. The Hall–Kier alpha value is -2.47. The highest BCUT2D eigenvalue weighted by molar-refractivity contribution is 5.37. The Labute approximate surface area is 142 Å². The number of hydrogen-bond acceptors (Lipinski definition) is 4. The Kier molecular flexibility index (Phi) is 4.76. The van der Waals surface area contributed by atoms with E-state index >= 15 is 0 Å². The zero-order chi connectivity index (χ0) is 17.1. The molecule has 0 radical (unpaired) electrons. The van der Waals surface area contributed by atoms with Gasteiger partial charge in [0, 0.05) is 37.1 Å². The van der Waals surface area contributed by atoms with Crippen molar-refractivity contribution in [1.29, 1.82) is 0 Å². The van der Waals surface area contributed by atoms with Gasteiger partial charge < -0.3 is 14.5 Å². The average molecular weight is 324 g/mol. The van der Waals surface area contributed by atoms with Crippen LogP contribution in [0.4, 0.5) is 0 Å². The van der Waals surface area contributed by atoms with Gasteiger partial charge in [-0.15, -0.1) is 10.2 Å². The van der Waals surface area contributed by atoms with Crippen molar-refractivity contribution in [2.75, 3.05) is 0 Å². The summed E-state index contributed by atoms with van der Waals surface area (Å²) in [6.45, 7) is 7.11. The normalized spacial score (nSPS) is 12.7. The van der Waals surface area contributed by atoms with E-state index in [0.717, 1.165) is 17.3 Å². The third-order valence-electron chi connectivity index (χ3n) is 4.25. The second-order valence-electron chi connectivity index (χ2n) is 6.36. The van der Waals surface area contributed by atoms with Crippen LogP contribution in [-0.2, 0) is 13.6 Å². The Morgan fingerprint density at radius 3 is 2.67 bits per heavy atom. The van der Waals surface area contributed by atoms with E-state index in [1.54, 1.807) is 6.20 Å². The Bertz CT molecular complexity index is 788. The van der Waals surface area contributed by atoms with E-state index < -0.39 is 0 Å². The number of hydrogen-bond donors (Lipinski definition) is 1. The monoisotopic (exact) mass is 324 g/mol. The Balaban J connectivity index is 1.69. The Morgan fingerprint density at radius 1 is 1.17 bits per heavy atom. The number of aromatic nitrogens is 5. The van der Waals surface area contributed by atoms with Crippen LogP contribution < -0.4 is 5.32 Å². The maximum atomic E-state index is 4.30. The number of rotatable bonds is 6. The highest BCUT2D eigenvalue weighted by Gasteiger charge is 2.13. The summed E-state index contributed by atoms with van der Waals surface area (Å²) < 4.78 is 4.08. The van der Waals surface area contributed by atoms with Crippen molar-refractivity contribution in [3.63, 3.8) is 0 Å².